The number of aliphatic hydroxyl groups is 1. The Hall–Kier alpha value is -1.71. The van der Waals surface area contributed by atoms with E-state index in [4.69, 9.17) is 9.47 Å². The smallest absolute Gasteiger partial charge is 0.312 e. The summed E-state index contributed by atoms with van der Waals surface area (Å²) in [5.41, 5.74) is -1.08. The highest BCUT2D eigenvalue weighted by atomic mass is 79.9. The number of amides is 2. The number of esters is 1. The molecule has 3 aliphatic rings. The molecule has 8 nitrogen and oxygen atoms in total. The van der Waals surface area contributed by atoms with E-state index in [0.717, 1.165) is 12.8 Å². The lowest BCUT2D eigenvalue weighted by atomic mass is 9.70. The van der Waals surface area contributed by atoms with E-state index >= 15 is 0 Å². The van der Waals surface area contributed by atoms with Gasteiger partial charge in [0.1, 0.15) is 11.6 Å². The number of halogens is 1. The predicted molar refractivity (Wildman–Crippen MR) is 131 cm³/mol. The minimum atomic E-state index is -1.08. The maximum absolute atomic E-state index is 14.0. The van der Waals surface area contributed by atoms with Gasteiger partial charge in [-0.25, -0.2) is 0 Å². The molecule has 3 saturated heterocycles. The van der Waals surface area contributed by atoms with Crippen molar-refractivity contribution in [3.05, 3.63) is 25.3 Å². The third kappa shape index (κ3) is 4.84. The van der Waals surface area contributed by atoms with Crippen molar-refractivity contribution in [3.63, 3.8) is 0 Å². The quantitative estimate of drug-likeness (QED) is 0.157. The van der Waals surface area contributed by atoms with Crippen molar-refractivity contribution in [1.82, 2.24) is 9.80 Å². The number of fused-ring (bicyclic) bond motifs is 1. The van der Waals surface area contributed by atoms with Crippen molar-refractivity contribution in [2.24, 2.45) is 11.8 Å². The number of nitrogens with zero attached hydrogens (tertiary/aromatic N) is 2. The molecule has 0 aromatic carbocycles. The summed E-state index contributed by atoms with van der Waals surface area (Å²) in [6, 6.07) is -0.823. The molecule has 3 heterocycles. The van der Waals surface area contributed by atoms with Gasteiger partial charge in [0.05, 0.1) is 24.5 Å². The van der Waals surface area contributed by atoms with E-state index in [9.17, 15) is 19.5 Å². The largest absolute Gasteiger partial charge is 0.465 e. The molecule has 3 unspecified atom stereocenters. The van der Waals surface area contributed by atoms with Gasteiger partial charge in [-0.05, 0) is 32.1 Å². The van der Waals surface area contributed by atoms with Crippen molar-refractivity contribution in [2.75, 3.05) is 32.8 Å². The molecular weight excluding hydrogens is 504 g/mol. The van der Waals surface area contributed by atoms with Gasteiger partial charge >= 0.3 is 5.97 Å². The van der Waals surface area contributed by atoms with Gasteiger partial charge < -0.3 is 24.4 Å². The number of ether oxygens (including phenoxy) is 2. The first-order valence-electron chi connectivity index (χ1n) is 12.3. The fourth-order valence-corrected chi connectivity index (χ4v) is 6.56. The zero-order valence-electron chi connectivity index (χ0n) is 20.0. The number of unbranched alkanes of at least 4 members (excludes halogenated alkanes) is 2. The Morgan fingerprint density at radius 3 is 2.74 bits per heavy atom. The molecule has 34 heavy (non-hydrogen) atoms. The van der Waals surface area contributed by atoms with Gasteiger partial charge in [-0.3, -0.25) is 14.4 Å². The third-order valence-electron chi connectivity index (χ3n) is 7.11. The van der Waals surface area contributed by atoms with Crippen LogP contribution in [0.25, 0.3) is 0 Å². The Morgan fingerprint density at radius 2 is 2.09 bits per heavy atom. The number of carbonyl (C=O) groups excluding carboxylic acids is 3. The lowest BCUT2D eigenvalue weighted by molar-refractivity contribution is -0.155. The zero-order chi connectivity index (χ0) is 24.9. The van der Waals surface area contributed by atoms with Gasteiger partial charge in [-0.1, -0.05) is 41.4 Å². The Labute approximate surface area is 210 Å². The number of alkyl halides is 1. The molecule has 1 N–H and O–H groups in total. The first kappa shape index (κ1) is 26.9. The van der Waals surface area contributed by atoms with Crippen molar-refractivity contribution < 1.29 is 29.0 Å². The molecule has 6 atom stereocenters. The van der Waals surface area contributed by atoms with E-state index in [1.54, 1.807) is 22.0 Å². The molecule has 0 aromatic rings. The Kier molecular flexibility index (Phi) is 9.34. The molecular formula is C25H37BrN2O6. The first-order chi connectivity index (χ1) is 16.4. The Balaban J connectivity index is 1.97. The molecule has 0 saturated carbocycles. The molecule has 2 bridgehead atoms. The molecule has 2 amide bonds. The second-order valence-electron chi connectivity index (χ2n) is 9.30. The molecule has 0 aromatic heterocycles. The highest BCUT2D eigenvalue weighted by Crippen LogP contribution is 2.60. The Morgan fingerprint density at radius 1 is 1.32 bits per heavy atom. The van der Waals surface area contributed by atoms with Gasteiger partial charge in [0.2, 0.25) is 11.8 Å². The van der Waals surface area contributed by atoms with Gasteiger partial charge in [0.25, 0.3) is 0 Å². The SMILES string of the molecule is C=CCCOC(=O)[C@H]1[C@@H]2OC3(CC2Br)C(C(=O)N(CC=C)CCCC)N(CCCCO)C(=O)[C@H]13. The molecule has 190 valence electrons. The van der Waals surface area contributed by atoms with Crippen molar-refractivity contribution in [3.8, 4) is 0 Å². The van der Waals surface area contributed by atoms with Crippen LogP contribution in [-0.2, 0) is 23.9 Å². The number of rotatable bonds is 14. The molecule has 0 radical (unpaired) electrons. The third-order valence-corrected chi connectivity index (χ3v) is 7.96. The lowest BCUT2D eigenvalue weighted by Gasteiger charge is -2.37. The number of hydrogen-bond acceptors (Lipinski definition) is 6. The fourth-order valence-electron chi connectivity index (χ4n) is 5.62. The van der Waals surface area contributed by atoms with E-state index < -0.39 is 35.6 Å². The monoisotopic (exact) mass is 540 g/mol. The second-order valence-corrected chi connectivity index (χ2v) is 10.5. The van der Waals surface area contributed by atoms with Crippen molar-refractivity contribution in [1.29, 1.82) is 0 Å². The van der Waals surface area contributed by atoms with Crippen LogP contribution in [0, 0.1) is 11.8 Å². The topological polar surface area (TPSA) is 96.4 Å². The summed E-state index contributed by atoms with van der Waals surface area (Å²) in [7, 11) is 0. The maximum atomic E-state index is 14.0. The highest BCUT2D eigenvalue weighted by molar-refractivity contribution is 9.09. The van der Waals surface area contributed by atoms with Crippen molar-refractivity contribution in [2.45, 2.75) is 68.0 Å². The van der Waals surface area contributed by atoms with Crippen LogP contribution in [-0.4, -0.2) is 88.1 Å². The summed E-state index contributed by atoms with van der Waals surface area (Å²) < 4.78 is 11.9. The molecule has 9 heteroatoms. The first-order valence-corrected chi connectivity index (χ1v) is 13.2. The van der Waals surface area contributed by atoms with Gasteiger partial charge in [0, 0.05) is 31.1 Å². The predicted octanol–water partition coefficient (Wildman–Crippen LogP) is 2.44. The number of likely N-dealkylation sites (tertiary alicyclic amines) is 1. The molecule has 3 aliphatic heterocycles. The molecule has 3 fully saturated rings. The summed E-state index contributed by atoms with van der Waals surface area (Å²) in [6.45, 7) is 11.0. The van der Waals surface area contributed by atoms with Crippen LogP contribution in [0.15, 0.2) is 25.3 Å². The van der Waals surface area contributed by atoms with E-state index in [-0.39, 0.29) is 29.9 Å². The standard InChI is InChI=1S/C25H37BrN2O6/c1-4-7-12-27(11-6-3)23(31)21-25-16-17(26)20(34-25)18(24(32)33-15-8-5-2)19(25)22(30)28(21)13-9-10-14-29/h5-6,17-21,29H,2-4,7-16H2,1H3/t17?,18-,19+,20-,21?,25?/m1/s1. The number of carbonyl (C=O) groups is 3. The van der Waals surface area contributed by atoms with Crippen LogP contribution in [0.3, 0.4) is 0 Å². The van der Waals surface area contributed by atoms with E-state index in [0.29, 0.717) is 45.3 Å². The molecule has 3 rings (SSSR count). The van der Waals surface area contributed by atoms with Crippen LogP contribution in [0.1, 0.15) is 45.4 Å². The number of aliphatic hydroxyl groups excluding tert-OH is 1. The summed E-state index contributed by atoms with van der Waals surface area (Å²) in [5.74, 6) is -2.40. The molecule has 1 spiro atoms. The average molecular weight is 541 g/mol. The minimum Gasteiger partial charge on any atom is -0.465 e. The summed E-state index contributed by atoms with van der Waals surface area (Å²) in [4.78, 5) is 44.0. The van der Waals surface area contributed by atoms with Crippen molar-refractivity contribution >= 4 is 33.7 Å². The summed E-state index contributed by atoms with van der Waals surface area (Å²) >= 11 is 3.65. The van der Waals surface area contributed by atoms with E-state index in [2.05, 4.69) is 36.0 Å². The van der Waals surface area contributed by atoms with Crippen LogP contribution in [0.2, 0.25) is 0 Å². The Bertz CT molecular complexity index is 791. The maximum Gasteiger partial charge on any atom is 0.312 e. The second kappa shape index (κ2) is 11.8. The lowest BCUT2D eigenvalue weighted by Crippen LogP contribution is -2.57. The van der Waals surface area contributed by atoms with E-state index in [1.165, 1.54) is 0 Å². The van der Waals surface area contributed by atoms with Gasteiger partial charge in [-0.15, -0.1) is 13.2 Å². The highest BCUT2D eigenvalue weighted by Gasteiger charge is 2.77. The summed E-state index contributed by atoms with van der Waals surface area (Å²) in [5, 5.41) is 9.26. The average Bonchev–Trinajstić information content (AvgIpc) is 3.40. The van der Waals surface area contributed by atoms with E-state index in [1.807, 2.05) is 0 Å². The minimum absolute atomic E-state index is 0.00854. The molecule has 0 aliphatic carbocycles. The van der Waals surface area contributed by atoms with Gasteiger partial charge in [0.15, 0.2) is 0 Å². The number of hydrogen-bond donors (Lipinski definition) is 1. The zero-order valence-corrected chi connectivity index (χ0v) is 21.6. The van der Waals surface area contributed by atoms with Gasteiger partial charge in [-0.2, -0.15) is 0 Å². The fraction of sp³-hybridized carbons (Fsp3) is 0.720. The summed E-state index contributed by atoms with van der Waals surface area (Å²) in [6.07, 6.45) is 6.66. The van der Waals surface area contributed by atoms with Crippen LogP contribution >= 0.6 is 15.9 Å². The van der Waals surface area contributed by atoms with Crippen LogP contribution in [0.5, 0.6) is 0 Å². The normalized spacial score (nSPS) is 31.4. The van der Waals surface area contributed by atoms with Crippen LogP contribution in [0.4, 0.5) is 0 Å². The van der Waals surface area contributed by atoms with Crippen LogP contribution < -0.4 is 0 Å².